The summed E-state index contributed by atoms with van der Waals surface area (Å²) in [7, 11) is 0. The van der Waals surface area contributed by atoms with Crippen LogP contribution in [0.2, 0.25) is 0 Å². The first-order chi connectivity index (χ1) is 12.1. The van der Waals surface area contributed by atoms with Crippen LogP contribution in [0, 0.1) is 13.8 Å². The van der Waals surface area contributed by atoms with Crippen LogP contribution in [-0.4, -0.2) is 64.6 Å². The molecule has 1 amide bonds. The smallest absolute Gasteiger partial charge is 0.260 e. The highest BCUT2D eigenvalue weighted by atomic mass is 16.5. The molecule has 1 aliphatic rings. The van der Waals surface area contributed by atoms with Gasteiger partial charge in [-0.2, -0.15) is 0 Å². The predicted octanol–water partition coefficient (Wildman–Crippen LogP) is 1.72. The Balaban J connectivity index is 1.40. The molecule has 0 radical (unpaired) electrons. The van der Waals surface area contributed by atoms with Gasteiger partial charge in [0.2, 0.25) is 0 Å². The van der Waals surface area contributed by atoms with Gasteiger partial charge in [0.25, 0.3) is 5.91 Å². The van der Waals surface area contributed by atoms with Gasteiger partial charge in [-0.1, -0.05) is 18.2 Å². The van der Waals surface area contributed by atoms with E-state index in [9.17, 15) is 4.79 Å². The van der Waals surface area contributed by atoms with Crippen LogP contribution in [0.1, 0.15) is 11.4 Å². The Morgan fingerprint density at radius 2 is 1.88 bits per heavy atom. The lowest BCUT2D eigenvalue weighted by molar-refractivity contribution is -0.135. The maximum absolute atomic E-state index is 12.3. The van der Waals surface area contributed by atoms with Gasteiger partial charge in [-0.3, -0.25) is 9.69 Å². The Kier molecular flexibility index (Phi) is 5.71. The first kappa shape index (κ1) is 17.5. The molecule has 0 bridgehead atoms. The SMILES string of the molecule is Cc1ccccc1OCC(=O)N1CCN(CCn2ccnc2C)CC1. The zero-order chi connectivity index (χ0) is 17.6. The highest BCUT2D eigenvalue weighted by Gasteiger charge is 2.21. The molecular formula is C19H26N4O2. The zero-order valence-electron chi connectivity index (χ0n) is 15.0. The molecule has 1 saturated heterocycles. The Morgan fingerprint density at radius 3 is 2.56 bits per heavy atom. The van der Waals surface area contributed by atoms with Crippen LogP contribution in [0.25, 0.3) is 0 Å². The molecule has 134 valence electrons. The fourth-order valence-corrected chi connectivity index (χ4v) is 3.06. The minimum atomic E-state index is 0.0633. The predicted molar refractivity (Wildman–Crippen MR) is 96.7 cm³/mol. The fraction of sp³-hybridized carbons (Fsp3) is 0.474. The lowest BCUT2D eigenvalue weighted by Crippen LogP contribution is -2.50. The number of imidazole rings is 1. The highest BCUT2D eigenvalue weighted by Crippen LogP contribution is 2.16. The highest BCUT2D eigenvalue weighted by molar-refractivity contribution is 5.78. The summed E-state index contributed by atoms with van der Waals surface area (Å²) in [5.74, 6) is 1.89. The van der Waals surface area contributed by atoms with Gasteiger partial charge in [0, 0.05) is 51.7 Å². The number of para-hydroxylation sites is 1. The number of carbonyl (C=O) groups excluding carboxylic acids is 1. The molecule has 1 aromatic carbocycles. The summed E-state index contributed by atoms with van der Waals surface area (Å²) in [4.78, 5) is 20.9. The van der Waals surface area contributed by atoms with E-state index in [0.29, 0.717) is 0 Å². The molecule has 3 rings (SSSR count). The van der Waals surface area contributed by atoms with Crippen molar-refractivity contribution in [1.29, 1.82) is 0 Å². The Bertz CT molecular complexity index is 705. The quantitative estimate of drug-likeness (QED) is 0.802. The third-order valence-electron chi connectivity index (χ3n) is 4.75. The van der Waals surface area contributed by atoms with Crippen molar-refractivity contribution in [3.05, 3.63) is 48.0 Å². The normalized spacial score (nSPS) is 15.4. The summed E-state index contributed by atoms with van der Waals surface area (Å²) < 4.78 is 7.83. The molecule has 6 nitrogen and oxygen atoms in total. The Labute approximate surface area is 149 Å². The van der Waals surface area contributed by atoms with E-state index in [2.05, 4.69) is 14.5 Å². The molecule has 1 aliphatic heterocycles. The van der Waals surface area contributed by atoms with E-state index < -0.39 is 0 Å². The molecule has 1 aromatic heterocycles. The van der Waals surface area contributed by atoms with E-state index in [0.717, 1.165) is 56.4 Å². The molecule has 6 heteroatoms. The molecule has 0 saturated carbocycles. The third-order valence-corrected chi connectivity index (χ3v) is 4.75. The molecule has 0 unspecified atom stereocenters. The molecule has 0 N–H and O–H groups in total. The molecule has 1 fully saturated rings. The Morgan fingerprint density at radius 1 is 1.12 bits per heavy atom. The minimum Gasteiger partial charge on any atom is -0.484 e. The van der Waals surface area contributed by atoms with Gasteiger partial charge in [0.05, 0.1) is 0 Å². The molecule has 0 aliphatic carbocycles. The van der Waals surface area contributed by atoms with Crippen LogP contribution in [0.15, 0.2) is 36.7 Å². The lowest BCUT2D eigenvalue weighted by atomic mass is 10.2. The molecule has 25 heavy (non-hydrogen) atoms. The third kappa shape index (κ3) is 4.60. The minimum absolute atomic E-state index is 0.0633. The number of carbonyl (C=O) groups is 1. The number of hydrogen-bond acceptors (Lipinski definition) is 4. The van der Waals surface area contributed by atoms with E-state index in [-0.39, 0.29) is 12.5 Å². The maximum atomic E-state index is 12.3. The van der Waals surface area contributed by atoms with Gasteiger partial charge >= 0.3 is 0 Å². The summed E-state index contributed by atoms with van der Waals surface area (Å²) in [5.41, 5.74) is 1.05. The second-order valence-corrected chi connectivity index (χ2v) is 6.44. The number of hydrogen-bond donors (Lipinski definition) is 0. The largest absolute Gasteiger partial charge is 0.484 e. The van der Waals surface area contributed by atoms with Crippen molar-refractivity contribution in [2.75, 3.05) is 39.3 Å². The number of benzene rings is 1. The van der Waals surface area contributed by atoms with Gasteiger partial charge in [0.1, 0.15) is 11.6 Å². The molecule has 0 atom stereocenters. The molecule has 2 heterocycles. The second-order valence-electron chi connectivity index (χ2n) is 6.44. The van der Waals surface area contributed by atoms with E-state index in [1.165, 1.54) is 0 Å². The fourth-order valence-electron chi connectivity index (χ4n) is 3.06. The van der Waals surface area contributed by atoms with Gasteiger partial charge in [-0.15, -0.1) is 0 Å². The van der Waals surface area contributed by atoms with Crippen LogP contribution in [0.4, 0.5) is 0 Å². The van der Waals surface area contributed by atoms with Crippen molar-refractivity contribution in [3.63, 3.8) is 0 Å². The number of aromatic nitrogens is 2. The molecular weight excluding hydrogens is 316 g/mol. The maximum Gasteiger partial charge on any atom is 0.260 e. The van der Waals surface area contributed by atoms with Gasteiger partial charge in [0.15, 0.2) is 6.61 Å². The van der Waals surface area contributed by atoms with Gasteiger partial charge in [-0.05, 0) is 25.5 Å². The lowest BCUT2D eigenvalue weighted by Gasteiger charge is -2.34. The van der Waals surface area contributed by atoms with Gasteiger partial charge < -0.3 is 14.2 Å². The van der Waals surface area contributed by atoms with Crippen LogP contribution in [-0.2, 0) is 11.3 Å². The summed E-state index contributed by atoms with van der Waals surface area (Å²) >= 11 is 0. The van der Waals surface area contributed by atoms with Crippen molar-refractivity contribution in [2.24, 2.45) is 0 Å². The van der Waals surface area contributed by atoms with Crippen molar-refractivity contribution < 1.29 is 9.53 Å². The monoisotopic (exact) mass is 342 g/mol. The van der Waals surface area contributed by atoms with Crippen molar-refractivity contribution in [3.8, 4) is 5.75 Å². The molecule has 0 spiro atoms. The average molecular weight is 342 g/mol. The summed E-state index contributed by atoms with van der Waals surface area (Å²) in [6.07, 6.45) is 3.85. The van der Waals surface area contributed by atoms with Crippen molar-refractivity contribution in [1.82, 2.24) is 19.4 Å². The van der Waals surface area contributed by atoms with Crippen LogP contribution in [0.3, 0.4) is 0 Å². The summed E-state index contributed by atoms with van der Waals surface area (Å²) in [5, 5.41) is 0. The molecule has 2 aromatic rings. The Hall–Kier alpha value is -2.34. The number of piperazine rings is 1. The number of aryl methyl sites for hydroxylation is 2. The van der Waals surface area contributed by atoms with E-state index in [1.807, 2.05) is 55.4 Å². The van der Waals surface area contributed by atoms with E-state index in [4.69, 9.17) is 4.74 Å². The number of nitrogens with zero attached hydrogens (tertiary/aromatic N) is 4. The summed E-state index contributed by atoms with van der Waals surface area (Å²) in [6.45, 7) is 9.38. The van der Waals surface area contributed by atoms with Crippen molar-refractivity contribution in [2.45, 2.75) is 20.4 Å². The first-order valence-electron chi connectivity index (χ1n) is 8.80. The van der Waals surface area contributed by atoms with Crippen LogP contribution < -0.4 is 4.74 Å². The topological polar surface area (TPSA) is 50.6 Å². The number of amides is 1. The first-order valence-corrected chi connectivity index (χ1v) is 8.80. The second kappa shape index (κ2) is 8.16. The van der Waals surface area contributed by atoms with Crippen LogP contribution >= 0.6 is 0 Å². The number of rotatable bonds is 6. The number of ether oxygens (including phenoxy) is 1. The average Bonchev–Trinajstić information content (AvgIpc) is 3.04. The van der Waals surface area contributed by atoms with Crippen LogP contribution in [0.5, 0.6) is 5.75 Å². The van der Waals surface area contributed by atoms with Gasteiger partial charge in [-0.25, -0.2) is 4.98 Å². The standard InChI is InChI=1S/C19H26N4O2/c1-16-5-3-4-6-18(16)25-15-19(24)23-13-10-21(11-14-23)9-12-22-8-7-20-17(22)2/h3-8H,9-15H2,1-2H3. The summed E-state index contributed by atoms with van der Waals surface area (Å²) in [6, 6.07) is 7.78. The van der Waals surface area contributed by atoms with Crippen molar-refractivity contribution >= 4 is 5.91 Å². The zero-order valence-corrected chi connectivity index (χ0v) is 15.0. The van der Waals surface area contributed by atoms with E-state index >= 15 is 0 Å². The van der Waals surface area contributed by atoms with E-state index in [1.54, 1.807) is 0 Å².